The fourth-order valence-electron chi connectivity index (χ4n) is 2.42. The van der Waals surface area contributed by atoms with Crippen molar-refractivity contribution in [2.45, 2.75) is 24.4 Å². The number of fused-ring (bicyclic) bond motifs is 1. The van der Waals surface area contributed by atoms with Crippen molar-refractivity contribution in [1.29, 1.82) is 0 Å². The number of aromatic nitrogens is 2. The van der Waals surface area contributed by atoms with Gasteiger partial charge in [-0.3, -0.25) is 0 Å². The molecule has 1 aliphatic heterocycles. The maximum absolute atomic E-state index is 10.0. The summed E-state index contributed by atoms with van der Waals surface area (Å²) in [5, 5.41) is 33.0. The van der Waals surface area contributed by atoms with E-state index in [-0.39, 0.29) is 6.61 Å². The SMILES string of the molecule is Nc1ccnn2c([C@@H]3O[C@H](CO)[C@@H](O)[C@H]3O)ccc12. The van der Waals surface area contributed by atoms with E-state index in [9.17, 15) is 10.2 Å². The van der Waals surface area contributed by atoms with Crippen molar-refractivity contribution in [1.82, 2.24) is 9.61 Å². The van der Waals surface area contributed by atoms with Crippen LogP contribution in [0.4, 0.5) is 5.69 Å². The van der Waals surface area contributed by atoms with E-state index in [2.05, 4.69) is 5.10 Å². The molecule has 0 spiro atoms. The van der Waals surface area contributed by atoms with Crippen molar-refractivity contribution < 1.29 is 20.1 Å². The number of nitrogen functional groups attached to an aromatic ring is 1. The lowest BCUT2D eigenvalue weighted by Crippen LogP contribution is -2.32. The van der Waals surface area contributed by atoms with E-state index >= 15 is 0 Å². The predicted molar refractivity (Wildman–Crippen MR) is 66.3 cm³/mol. The van der Waals surface area contributed by atoms with Crippen LogP contribution in [0.5, 0.6) is 0 Å². The molecule has 1 saturated heterocycles. The Kier molecular flexibility index (Phi) is 2.90. The first-order valence-corrected chi connectivity index (χ1v) is 5.98. The highest BCUT2D eigenvalue weighted by Gasteiger charge is 2.44. The number of ether oxygens (including phenoxy) is 1. The maximum Gasteiger partial charge on any atom is 0.129 e. The number of nitrogens with two attached hydrogens (primary N) is 1. The van der Waals surface area contributed by atoms with Gasteiger partial charge in [-0.25, -0.2) is 4.52 Å². The lowest BCUT2D eigenvalue weighted by Gasteiger charge is -2.14. The Morgan fingerprint density at radius 3 is 2.74 bits per heavy atom. The normalized spacial score (nSPS) is 31.1. The first kappa shape index (κ1) is 12.4. The molecule has 2 aromatic heterocycles. The summed E-state index contributed by atoms with van der Waals surface area (Å²) in [5.41, 5.74) is 7.68. The Hall–Kier alpha value is -1.67. The molecular weight excluding hydrogens is 250 g/mol. The Labute approximate surface area is 108 Å². The van der Waals surface area contributed by atoms with E-state index < -0.39 is 24.4 Å². The molecule has 0 saturated carbocycles. The van der Waals surface area contributed by atoms with Gasteiger partial charge in [-0.2, -0.15) is 5.10 Å². The molecule has 3 rings (SSSR count). The van der Waals surface area contributed by atoms with Gasteiger partial charge in [0.2, 0.25) is 0 Å². The number of aliphatic hydroxyl groups excluding tert-OH is 3. The largest absolute Gasteiger partial charge is 0.397 e. The van der Waals surface area contributed by atoms with Crippen molar-refractivity contribution in [3.05, 3.63) is 30.1 Å². The smallest absolute Gasteiger partial charge is 0.129 e. The Bertz CT molecular complexity index is 600. The third kappa shape index (κ3) is 1.79. The molecule has 0 amide bonds. The van der Waals surface area contributed by atoms with Crippen LogP contribution in [-0.2, 0) is 4.74 Å². The Morgan fingerprint density at radius 2 is 2.05 bits per heavy atom. The second-order valence-corrected chi connectivity index (χ2v) is 4.60. The molecule has 102 valence electrons. The van der Waals surface area contributed by atoms with Gasteiger partial charge in [0.25, 0.3) is 0 Å². The average Bonchev–Trinajstić information content (AvgIpc) is 2.94. The third-order valence-electron chi connectivity index (χ3n) is 3.45. The van der Waals surface area contributed by atoms with E-state index in [1.807, 2.05) is 0 Å². The van der Waals surface area contributed by atoms with Crippen molar-refractivity contribution >= 4 is 11.2 Å². The zero-order chi connectivity index (χ0) is 13.6. The molecular formula is C12H15N3O4. The van der Waals surface area contributed by atoms with Gasteiger partial charge in [-0.05, 0) is 18.2 Å². The number of hydrogen-bond acceptors (Lipinski definition) is 6. The van der Waals surface area contributed by atoms with Crippen LogP contribution in [0.3, 0.4) is 0 Å². The summed E-state index contributed by atoms with van der Waals surface area (Å²) in [5.74, 6) is 0. The van der Waals surface area contributed by atoms with Crippen LogP contribution >= 0.6 is 0 Å². The Morgan fingerprint density at radius 1 is 1.26 bits per heavy atom. The summed E-state index contributed by atoms with van der Waals surface area (Å²) in [6.45, 7) is -0.354. The van der Waals surface area contributed by atoms with Crippen LogP contribution in [0.2, 0.25) is 0 Å². The van der Waals surface area contributed by atoms with E-state index in [1.165, 1.54) is 0 Å². The van der Waals surface area contributed by atoms with Crippen LogP contribution in [0, 0.1) is 0 Å². The third-order valence-corrected chi connectivity index (χ3v) is 3.45. The van der Waals surface area contributed by atoms with Gasteiger partial charge in [0, 0.05) is 6.20 Å². The fraction of sp³-hybridized carbons (Fsp3) is 0.417. The van der Waals surface area contributed by atoms with Gasteiger partial charge < -0.3 is 25.8 Å². The minimum atomic E-state index is -1.12. The highest BCUT2D eigenvalue weighted by atomic mass is 16.6. The molecule has 0 aliphatic carbocycles. The van der Waals surface area contributed by atoms with Gasteiger partial charge >= 0.3 is 0 Å². The van der Waals surface area contributed by atoms with Crippen molar-refractivity contribution in [3.63, 3.8) is 0 Å². The van der Waals surface area contributed by atoms with Gasteiger partial charge in [0.1, 0.15) is 24.4 Å². The highest BCUT2D eigenvalue weighted by Crippen LogP contribution is 2.34. The van der Waals surface area contributed by atoms with Crippen LogP contribution in [0.1, 0.15) is 11.8 Å². The van der Waals surface area contributed by atoms with E-state index in [0.717, 1.165) is 0 Å². The average molecular weight is 265 g/mol. The molecule has 5 N–H and O–H groups in total. The minimum Gasteiger partial charge on any atom is -0.397 e. The zero-order valence-electron chi connectivity index (χ0n) is 10.0. The molecule has 1 aliphatic rings. The lowest BCUT2D eigenvalue weighted by atomic mass is 10.1. The van der Waals surface area contributed by atoms with Crippen molar-refractivity contribution in [2.24, 2.45) is 0 Å². The van der Waals surface area contributed by atoms with Crippen molar-refractivity contribution in [3.8, 4) is 0 Å². The highest BCUT2D eigenvalue weighted by molar-refractivity contribution is 5.69. The maximum atomic E-state index is 10.0. The molecule has 19 heavy (non-hydrogen) atoms. The molecule has 7 heteroatoms. The molecule has 4 atom stereocenters. The second kappa shape index (κ2) is 4.46. The molecule has 1 fully saturated rings. The molecule has 7 nitrogen and oxygen atoms in total. The number of rotatable bonds is 2. The monoisotopic (exact) mass is 265 g/mol. The topological polar surface area (TPSA) is 113 Å². The van der Waals surface area contributed by atoms with Crippen LogP contribution in [0.15, 0.2) is 24.4 Å². The van der Waals surface area contributed by atoms with Crippen molar-refractivity contribution in [2.75, 3.05) is 12.3 Å². The molecule has 3 heterocycles. The lowest BCUT2D eigenvalue weighted by molar-refractivity contribution is -0.0244. The number of aliphatic hydroxyl groups is 3. The zero-order valence-corrected chi connectivity index (χ0v) is 10.0. The predicted octanol–water partition coefficient (Wildman–Crippen LogP) is -0.929. The fourth-order valence-corrected chi connectivity index (χ4v) is 2.42. The minimum absolute atomic E-state index is 0.354. The first-order chi connectivity index (χ1) is 9.13. The Balaban J connectivity index is 2.04. The van der Waals surface area contributed by atoms with Gasteiger partial charge in [-0.15, -0.1) is 0 Å². The summed E-state index contributed by atoms with van der Waals surface area (Å²) >= 11 is 0. The number of anilines is 1. The molecule has 0 bridgehead atoms. The molecule has 2 aromatic rings. The number of nitrogens with zero attached hydrogens (tertiary/aromatic N) is 2. The molecule has 0 radical (unpaired) electrons. The van der Waals surface area contributed by atoms with E-state index in [1.54, 1.807) is 28.9 Å². The first-order valence-electron chi connectivity index (χ1n) is 5.98. The van der Waals surface area contributed by atoms with Gasteiger partial charge in [0.05, 0.1) is 23.5 Å². The van der Waals surface area contributed by atoms with Crippen LogP contribution in [0.25, 0.3) is 5.52 Å². The summed E-state index contributed by atoms with van der Waals surface area (Å²) in [7, 11) is 0. The quantitative estimate of drug-likeness (QED) is 0.558. The summed E-state index contributed by atoms with van der Waals surface area (Å²) in [4.78, 5) is 0. The van der Waals surface area contributed by atoms with Crippen LogP contribution < -0.4 is 5.73 Å². The summed E-state index contributed by atoms with van der Waals surface area (Å²) < 4.78 is 7.04. The standard InChI is InChI=1S/C12H15N3O4/c13-6-3-4-14-15-7(6)1-2-8(15)12-11(18)10(17)9(5-16)19-12/h1-4,9-12,16-18H,5,13H2/t9-,10-,11-,12+/m1/s1. The van der Waals surface area contributed by atoms with E-state index in [4.69, 9.17) is 15.6 Å². The van der Waals surface area contributed by atoms with Gasteiger partial charge in [0.15, 0.2) is 0 Å². The van der Waals surface area contributed by atoms with Crippen LogP contribution in [-0.4, -0.2) is 49.9 Å². The summed E-state index contributed by atoms with van der Waals surface area (Å²) in [6, 6.07) is 5.18. The molecule has 0 unspecified atom stereocenters. The second-order valence-electron chi connectivity index (χ2n) is 4.60. The van der Waals surface area contributed by atoms with E-state index in [0.29, 0.717) is 16.9 Å². The van der Waals surface area contributed by atoms with Gasteiger partial charge in [-0.1, -0.05) is 0 Å². The molecule has 0 aromatic carbocycles. The number of hydrogen-bond donors (Lipinski definition) is 4. The summed E-state index contributed by atoms with van der Waals surface area (Å²) in [6.07, 6.45) is -2.23.